The lowest BCUT2D eigenvalue weighted by Gasteiger charge is -2.03. The van der Waals surface area contributed by atoms with E-state index in [9.17, 15) is 0 Å². The molecule has 6 heteroatoms. The minimum Gasteiger partial charge on any atom is -0.368 e. The monoisotopic (exact) mass is 266 g/mol. The number of hydrogen-bond donors (Lipinski definition) is 1. The molecule has 0 unspecified atom stereocenters. The number of benzene rings is 1. The van der Waals surface area contributed by atoms with Gasteiger partial charge in [0.05, 0.1) is 0 Å². The van der Waals surface area contributed by atoms with Gasteiger partial charge < -0.3 is 5.73 Å². The number of thioether (sulfide) groups is 1. The summed E-state index contributed by atoms with van der Waals surface area (Å²) in [5, 5.41) is 1.34. The van der Waals surface area contributed by atoms with Crippen LogP contribution in [0.5, 0.6) is 0 Å². The Labute approximate surface area is 109 Å². The third kappa shape index (κ3) is 3.31. The molecule has 0 aliphatic heterocycles. The van der Waals surface area contributed by atoms with E-state index < -0.39 is 0 Å². The number of nitrogens with zero attached hydrogens (tertiary/aromatic N) is 3. The quantitative estimate of drug-likeness (QED) is 0.865. The number of hydrogen-bond acceptors (Lipinski definition) is 5. The maximum Gasteiger partial charge on any atom is 0.224 e. The van der Waals surface area contributed by atoms with E-state index in [2.05, 4.69) is 15.0 Å². The fraction of sp³-hybridized carbons (Fsp3) is 0.182. The summed E-state index contributed by atoms with van der Waals surface area (Å²) >= 11 is 7.36. The lowest BCUT2D eigenvalue weighted by atomic mass is 10.1. The van der Waals surface area contributed by atoms with Gasteiger partial charge in [-0.15, -0.1) is 0 Å². The van der Waals surface area contributed by atoms with Gasteiger partial charge in [-0.3, -0.25) is 0 Å². The Kier molecular flexibility index (Phi) is 3.81. The molecule has 0 amide bonds. The molecule has 88 valence electrons. The predicted octanol–water partition coefficient (Wildman–Crippen LogP) is 2.42. The summed E-state index contributed by atoms with van der Waals surface area (Å²) in [4.78, 5) is 12.4. The van der Waals surface area contributed by atoms with Gasteiger partial charge in [0.2, 0.25) is 5.95 Å². The van der Waals surface area contributed by atoms with E-state index in [1.54, 1.807) is 0 Å². The van der Waals surface area contributed by atoms with Crippen molar-refractivity contribution >= 4 is 29.3 Å². The number of halogens is 1. The van der Waals surface area contributed by atoms with Crippen molar-refractivity contribution < 1.29 is 0 Å². The zero-order chi connectivity index (χ0) is 12.3. The van der Waals surface area contributed by atoms with Crippen molar-refractivity contribution in [1.29, 1.82) is 0 Å². The highest BCUT2D eigenvalue weighted by Crippen LogP contribution is 2.15. The SMILES string of the molecule is CSc1nc(N)nc(Cc2cccc(Cl)c2)n1. The molecule has 17 heavy (non-hydrogen) atoms. The standard InChI is InChI=1S/C11H11ClN4S/c1-17-11-15-9(14-10(13)16-11)6-7-3-2-4-8(12)5-7/h2-5H,6H2,1H3,(H2,13,14,15,16). The molecule has 2 N–H and O–H groups in total. The summed E-state index contributed by atoms with van der Waals surface area (Å²) in [5.41, 5.74) is 6.67. The van der Waals surface area contributed by atoms with E-state index >= 15 is 0 Å². The first kappa shape index (κ1) is 12.1. The smallest absolute Gasteiger partial charge is 0.224 e. The number of nitrogen functional groups attached to an aromatic ring is 1. The maximum absolute atomic E-state index is 5.92. The second-order valence-corrected chi connectivity index (χ2v) is 4.61. The number of aromatic nitrogens is 3. The highest BCUT2D eigenvalue weighted by atomic mass is 35.5. The molecular formula is C11H11ClN4S. The van der Waals surface area contributed by atoms with E-state index in [0.717, 1.165) is 5.56 Å². The Hall–Kier alpha value is -1.33. The molecule has 0 atom stereocenters. The van der Waals surface area contributed by atoms with Crippen molar-refractivity contribution in [2.24, 2.45) is 0 Å². The summed E-state index contributed by atoms with van der Waals surface area (Å²) in [5.74, 6) is 0.908. The molecule has 1 aromatic heterocycles. The Balaban J connectivity index is 2.26. The first-order valence-electron chi connectivity index (χ1n) is 4.96. The van der Waals surface area contributed by atoms with Gasteiger partial charge in [-0.05, 0) is 24.0 Å². The van der Waals surface area contributed by atoms with E-state index in [0.29, 0.717) is 22.4 Å². The molecule has 1 aromatic carbocycles. The van der Waals surface area contributed by atoms with Gasteiger partial charge in [0.25, 0.3) is 0 Å². The largest absolute Gasteiger partial charge is 0.368 e. The summed E-state index contributed by atoms with van der Waals surface area (Å²) in [6.07, 6.45) is 2.50. The molecule has 0 aliphatic carbocycles. The van der Waals surface area contributed by atoms with Crippen molar-refractivity contribution in [3.05, 3.63) is 40.7 Å². The van der Waals surface area contributed by atoms with Crippen LogP contribution in [0, 0.1) is 0 Å². The van der Waals surface area contributed by atoms with Crippen molar-refractivity contribution in [2.45, 2.75) is 11.6 Å². The van der Waals surface area contributed by atoms with Gasteiger partial charge in [0.1, 0.15) is 5.82 Å². The summed E-state index contributed by atoms with van der Waals surface area (Å²) in [6, 6.07) is 7.60. The lowest BCUT2D eigenvalue weighted by molar-refractivity contribution is 0.839. The number of anilines is 1. The topological polar surface area (TPSA) is 64.7 Å². The van der Waals surface area contributed by atoms with Crippen LogP contribution in [0.1, 0.15) is 11.4 Å². The number of rotatable bonds is 3. The molecule has 0 spiro atoms. The second-order valence-electron chi connectivity index (χ2n) is 3.40. The summed E-state index contributed by atoms with van der Waals surface area (Å²) < 4.78 is 0. The maximum atomic E-state index is 5.92. The molecule has 0 radical (unpaired) electrons. The highest BCUT2D eigenvalue weighted by Gasteiger charge is 2.05. The van der Waals surface area contributed by atoms with Crippen LogP contribution >= 0.6 is 23.4 Å². The van der Waals surface area contributed by atoms with Crippen LogP contribution in [0.3, 0.4) is 0 Å². The Morgan fingerprint density at radius 2 is 2.12 bits per heavy atom. The van der Waals surface area contributed by atoms with Crippen LogP contribution in [-0.4, -0.2) is 21.2 Å². The summed E-state index contributed by atoms with van der Waals surface area (Å²) in [7, 11) is 0. The van der Waals surface area contributed by atoms with Crippen LogP contribution in [0.25, 0.3) is 0 Å². The Morgan fingerprint density at radius 1 is 1.29 bits per heavy atom. The molecule has 1 heterocycles. The van der Waals surface area contributed by atoms with Crippen LogP contribution in [0.2, 0.25) is 5.02 Å². The average Bonchev–Trinajstić information content (AvgIpc) is 2.28. The van der Waals surface area contributed by atoms with Crippen LogP contribution in [0.4, 0.5) is 5.95 Å². The first-order valence-corrected chi connectivity index (χ1v) is 6.56. The van der Waals surface area contributed by atoms with Gasteiger partial charge in [-0.25, -0.2) is 4.98 Å². The first-order chi connectivity index (χ1) is 8.17. The van der Waals surface area contributed by atoms with E-state index in [1.165, 1.54) is 11.8 Å². The van der Waals surface area contributed by atoms with Gasteiger partial charge >= 0.3 is 0 Å². The molecule has 0 saturated heterocycles. The highest BCUT2D eigenvalue weighted by molar-refractivity contribution is 7.98. The fourth-order valence-electron chi connectivity index (χ4n) is 1.42. The van der Waals surface area contributed by atoms with Crippen molar-refractivity contribution in [3.8, 4) is 0 Å². The zero-order valence-corrected chi connectivity index (χ0v) is 10.8. The third-order valence-electron chi connectivity index (χ3n) is 2.11. The van der Waals surface area contributed by atoms with Gasteiger partial charge in [-0.1, -0.05) is 35.5 Å². The van der Waals surface area contributed by atoms with Gasteiger partial charge in [0.15, 0.2) is 5.16 Å². The Morgan fingerprint density at radius 3 is 2.82 bits per heavy atom. The van der Waals surface area contributed by atoms with Crippen LogP contribution in [0.15, 0.2) is 29.4 Å². The molecule has 0 saturated carbocycles. The van der Waals surface area contributed by atoms with Crippen molar-refractivity contribution in [1.82, 2.24) is 15.0 Å². The van der Waals surface area contributed by atoms with Gasteiger partial charge in [-0.2, -0.15) is 9.97 Å². The molecule has 0 bridgehead atoms. The molecule has 2 rings (SSSR count). The minimum absolute atomic E-state index is 0.251. The minimum atomic E-state index is 0.251. The van der Waals surface area contributed by atoms with Crippen LogP contribution in [-0.2, 0) is 6.42 Å². The van der Waals surface area contributed by atoms with E-state index in [1.807, 2.05) is 30.5 Å². The predicted molar refractivity (Wildman–Crippen MR) is 70.3 cm³/mol. The molecule has 4 nitrogen and oxygen atoms in total. The molecule has 0 fully saturated rings. The van der Waals surface area contributed by atoms with Crippen LogP contribution < -0.4 is 5.73 Å². The molecule has 2 aromatic rings. The molecular weight excluding hydrogens is 256 g/mol. The Bertz CT molecular complexity index is 533. The lowest BCUT2D eigenvalue weighted by Crippen LogP contribution is -2.04. The normalized spacial score (nSPS) is 10.5. The van der Waals surface area contributed by atoms with Crippen molar-refractivity contribution in [2.75, 3.05) is 12.0 Å². The van der Waals surface area contributed by atoms with Gasteiger partial charge in [0, 0.05) is 11.4 Å². The van der Waals surface area contributed by atoms with Crippen molar-refractivity contribution in [3.63, 3.8) is 0 Å². The van der Waals surface area contributed by atoms with E-state index in [4.69, 9.17) is 17.3 Å². The second kappa shape index (κ2) is 5.33. The fourth-order valence-corrected chi connectivity index (χ4v) is 2.01. The average molecular weight is 267 g/mol. The third-order valence-corrected chi connectivity index (χ3v) is 2.90. The number of nitrogens with two attached hydrogens (primary N) is 1. The molecule has 0 aliphatic rings. The summed E-state index contributed by atoms with van der Waals surface area (Å²) in [6.45, 7) is 0. The van der Waals surface area contributed by atoms with E-state index in [-0.39, 0.29) is 5.95 Å². The zero-order valence-electron chi connectivity index (χ0n) is 9.22.